The second kappa shape index (κ2) is 10.8. The molecule has 0 saturated carbocycles. The topological polar surface area (TPSA) is 26.7 Å². The molecule has 3 nitrogen and oxygen atoms in total. The number of rotatable bonds is 8. The Labute approximate surface area is 187 Å². The molecule has 1 aliphatic heterocycles. The predicted octanol–water partition coefficient (Wildman–Crippen LogP) is 6.78. The van der Waals surface area contributed by atoms with Crippen molar-refractivity contribution in [2.24, 2.45) is 0 Å². The van der Waals surface area contributed by atoms with E-state index in [0.717, 1.165) is 53.6 Å². The number of likely N-dealkylation sites (tertiary alicyclic amines) is 1. The molecule has 1 N–H and O–H groups in total. The van der Waals surface area contributed by atoms with Crippen LogP contribution in [0, 0.1) is 12.7 Å². The molecule has 2 aromatic rings. The normalized spacial score (nSPS) is 15.6. The third-order valence-electron chi connectivity index (χ3n) is 5.64. The van der Waals surface area contributed by atoms with Crippen LogP contribution in [0.25, 0.3) is 4.48 Å². The van der Waals surface area contributed by atoms with Gasteiger partial charge < -0.3 is 10.0 Å². The standard InChI is InChI=1S/C25H30BrFN2O/c1-3-21(18-28-12-6-7-13-28)25(26)22-8-4-5-9-24(22)29(14-15-30)17-20-11-10-19(2)23(27)16-20/h4-5,8-11,14-16,30H,3,6-7,12-13,17-18H2,1-2H3/b15-14+,25-21-. The van der Waals surface area contributed by atoms with E-state index in [1.807, 2.05) is 29.2 Å². The molecule has 0 amide bonds. The number of aliphatic hydroxyl groups is 1. The SMILES string of the molecule is CC/C(CN1CCCC1)=C(/Br)c1ccccc1N(/C=C/O)Cc1ccc(C)c(F)c1. The fraction of sp³-hybridized carbons (Fsp3) is 0.360. The van der Waals surface area contributed by atoms with Crippen molar-refractivity contribution in [3.05, 3.63) is 83.0 Å². The number of hydrogen-bond acceptors (Lipinski definition) is 3. The summed E-state index contributed by atoms with van der Waals surface area (Å²) in [4.78, 5) is 4.45. The smallest absolute Gasteiger partial charge is 0.126 e. The Hall–Kier alpha value is -2.11. The van der Waals surface area contributed by atoms with Gasteiger partial charge in [0.15, 0.2) is 0 Å². The van der Waals surface area contributed by atoms with Crippen LogP contribution in [0.15, 0.2) is 60.5 Å². The van der Waals surface area contributed by atoms with E-state index < -0.39 is 0 Å². The van der Waals surface area contributed by atoms with E-state index in [2.05, 4.69) is 33.8 Å². The predicted molar refractivity (Wildman–Crippen MR) is 127 cm³/mol. The molecule has 5 heteroatoms. The van der Waals surface area contributed by atoms with Gasteiger partial charge in [-0.15, -0.1) is 0 Å². The van der Waals surface area contributed by atoms with Gasteiger partial charge in [0.2, 0.25) is 0 Å². The highest BCUT2D eigenvalue weighted by molar-refractivity contribution is 9.15. The largest absolute Gasteiger partial charge is 0.514 e. The first kappa shape index (κ1) is 22.6. The Morgan fingerprint density at radius 1 is 1.20 bits per heavy atom. The number of aryl methyl sites for hydroxylation is 1. The zero-order chi connectivity index (χ0) is 21.5. The van der Waals surface area contributed by atoms with Crippen molar-refractivity contribution in [1.82, 2.24) is 4.90 Å². The lowest BCUT2D eigenvalue weighted by molar-refractivity contribution is 0.366. The highest BCUT2D eigenvalue weighted by Crippen LogP contribution is 2.36. The number of nitrogens with zero attached hydrogens (tertiary/aromatic N) is 2. The number of para-hydroxylation sites is 1. The molecule has 0 bridgehead atoms. The maximum absolute atomic E-state index is 14.1. The van der Waals surface area contributed by atoms with Crippen LogP contribution < -0.4 is 4.90 Å². The summed E-state index contributed by atoms with van der Waals surface area (Å²) in [5.41, 5.74) is 4.86. The Morgan fingerprint density at radius 2 is 1.93 bits per heavy atom. The number of hydrogen-bond donors (Lipinski definition) is 1. The van der Waals surface area contributed by atoms with Gasteiger partial charge in [-0.05, 0) is 68.1 Å². The summed E-state index contributed by atoms with van der Waals surface area (Å²) >= 11 is 3.88. The van der Waals surface area contributed by atoms with E-state index in [0.29, 0.717) is 12.1 Å². The average molecular weight is 473 g/mol. The van der Waals surface area contributed by atoms with Gasteiger partial charge in [0, 0.05) is 35.0 Å². The quantitative estimate of drug-likeness (QED) is 0.428. The summed E-state index contributed by atoms with van der Waals surface area (Å²) in [5.74, 6) is -0.214. The van der Waals surface area contributed by atoms with Crippen LogP contribution in [0.3, 0.4) is 0 Å². The van der Waals surface area contributed by atoms with Gasteiger partial charge in [0.05, 0.1) is 6.26 Å². The molecule has 1 heterocycles. The lowest BCUT2D eigenvalue weighted by Gasteiger charge is -2.25. The van der Waals surface area contributed by atoms with Crippen LogP contribution in [-0.4, -0.2) is 29.6 Å². The Morgan fingerprint density at radius 3 is 2.60 bits per heavy atom. The first-order valence-electron chi connectivity index (χ1n) is 10.5. The number of halogens is 2. The van der Waals surface area contributed by atoms with E-state index in [4.69, 9.17) is 0 Å². The fourth-order valence-corrected chi connectivity index (χ4v) is 4.62. The zero-order valence-corrected chi connectivity index (χ0v) is 19.3. The molecule has 1 aliphatic rings. The zero-order valence-electron chi connectivity index (χ0n) is 17.7. The third-order valence-corrected chi connectivity index (χ3v) is 6.62. The number of aliphatic hydroxyl groups excluding tert-OH is 1. The molecule has 0 aromatic heterocycles. The van der Waals surface area contributed by atoms with E-state index in [9.17, 15) is 9.50 Å². The minimum absolute atomic E-state index is 0.214. The number of anilines is 1. The second-order valence-corrected chi connectivity index (χ2v) is 8.57. The van der Waals surface area contributed by atoms with Gasteiger partial charge in [0.25, 0.3) is 0 Å². The maximum Gasteiger partial charge on any atom is 0.126 e. The van der Waals surface area contributed by atoms with Gasteiger partial charge in [-0.25, -0.2) is 4.39 Å². The van der Waals surface area contributed by atoms with Crippen molar-refractivity contribution >= 4 is 26.1 Å². The Kier molecular flexibility index (Phi) is 8.11. The molecule has 0 unspecified atom stereocenters. The van der Waals surface area contributed by atoms with Crippen LogP contribution in [-0.2, 0) is 6.54 Å². The molecule has 160 valence electrons. The highest BCUT2D eigenvalue weighted by Gasteiger charge is 2.18. The van der Waals surface area contributed by atoms with Crippen molar-refractivity contribution in [3.8, 4) is 0 Å². The van der Waals surface area contributed by atoms with Crippen molar-refractivity contribution in [1.29, 1.82) is 0 Å². The summed E-state index contributed by atoms with van der Waals surface area (Å²) in [6.07, 6.45) is 6.16. The molecular weight excluding hydrogens is 443 g/mol. The Bertz CT molecular complexity index is 919. The lowest BCUT2D eigenvalue weighted by atomic mass is 10.0. The van der Waals surface area contributed by atoms with Gasteiger partial charge in [0.1, 0.15) is 5.82 Å². The van der Waals surface area contributed by atoms with Crippen molar-refractivity contribution in [2.75, 3.05) is 24.5 Å². The van der Waals surface area contributed by atoms with Crippen LogP contribution in [0.5, 0.6) is 0 Å². The molecule has 0 aliphatic carbocycles. The molecule has 1 saturated heterocycles. The van der Waals surface area contributed by atoms with Gasteiger partial charge in [-0.2, -0.15) is 0 Å². The van der Waals surface area contributed by atoms with E-state index in [1.54, 1.807) is 25.3 Å². The summed E-state index contributed by atoms with van der Waals surface area (Å²) in [7, 11) is 0. The summed E-state index contributed by atoms with van der Waals surface area (Å²) < 4.78 is 15.2. The van der Waals surface area contributed by atoms with Crippen LogP contribution in [0.2, 0.25) is 0 Å². The molecular formula is C25H30BrFN2O. The summed E-state index contributed by atoms with van der Waals surface area (Å²) in [6.45, 7) is 7.68. The van der Waals surface area contributed by atoms with E-state index in [-0.39, 0.29) is 5.82 Å². The minimum Gasteiger partial charge on any atom is -0.514 e. The monoisotopic (exact) mass is 472 g/mol. The molecule has 1 fully saturated rings. The van der Waals surface area contributed by atoms with Crippen molar-refractivity contribution < 1.29 is 9.50 Å². The average Bonchev–Trinajstić information content (AvgIpc) is 3.27. The third kappa shape index (κ3) is 5.52. The first-order chi connectivity index (χ1) is 14.5. The van der Waals surface area contributed by atoms with E-state index in [1.165, 1.54) is 18.4 Å². The molecule has 30 heavy (non-hydrogen) atoms. The van der Waals surface area contributed by atoms with E-state index >= 15 is 0 Å². The summed E-state index contributed by atoms with van der Waals surface area (Å²) in [5, 5.41) is 9.52. The second-order valence-electron chi connectivity index (χ2n) is 7.78. The van der Waals surface area contributed by atoms with Crippen molar-refractivity contribution in [3.63, 3.8) is 0 Å². The Balaban J connectivity index is 1.95. The van der Waals surface area contributed by atoms with Gasteiger partial charge in [-0.3, -0.25) is 4.90 Å². The van der Waals surface area contributed by atoms with Gasteiger partial charge in [-0.1, -0.05) is 53.2 Å². The molecule has 0 radical (unpaired) electrons. The van der Waals surface area contributed by atoms with Crippen LogP contribution in [0.1, 0.15) is 42.9 Å². The van der Waals surface area contributed by atoms with Crippen molar-refractivity contribution in [2.45, 2.75) is 39.7 Å². The summed E-state index contributed by atoms with van der Waals surface area (Å²) in [6, 6.07) is 13.4. The minimum atomic E-state index is -0.214. The molecule has 2 aromatic carbocycles. The maximum atomic E-state index is 14.1. The fourth-order valence-electron chi connectivity index (χ4n) is 3.88. The van der Waals surface area contributed by atoms with Crippen LogP contribution in [0.4, 0.5) is 10.1 Å². The van der Waals surface area contributed by atoms with Crippen LogP contribution >= 0.6 is 15.9 Å². The highest BCUT2D eigenvalue weighted by atomic mass is 79.9. The lowest BCUT2D eigenvalue weighted by Crippen LogP contribution is -2.22. The number of benzene rings is 2. The molecule has 0 spiro atoms. The molecule has 3 rings (SSSR count). The first-order valence-corrected chi connectivity index (χ1v) is 11.3. The van der Waals surface area contributed by atoms with Gasteiger partial charge >= 0.3 is 0 Å². The molecule has 0 atom stereocenters.